The first-order chi connectivity index (χ1) is 8.33. The molecule has 0 saturated carbocycles. The van der Waals surface area contributed by atoms with Crippen LogP contribution in [0.25, 0.3) is 0 Å². The van der Waals surface area contributed by atoms with Gasteiger partial charge in [-0.15, -0.1) is 0 Å². The molecule has 0 bridgehead atoms. The predicted octanol–water partition coefficient (Wildman–Crippen LogP) is 1.34. The van der Waals surface area contributed by atoms with Crippen LogP contribution in [0.2, 0.25) is 0 Å². The van der Waals surface area contributed by atoms with Crippen LogP contribution in [0.15, 0.2) is 18.5 Å². The fourth-order valence-corrected chi connectivity index (χ4v) is 3.01. The molecule has 0 aromatic carbocycles. The standard InChI is InChI=1S/C13H20N4/c14-11-7-13(9-15-8-11)17-6-5-16-4-2-1-3-12(16)10-17/h7-9,12H,1-6,10,14H2. The first-order valence-corrected chi connectivity index (χ1v) is 6.52. The lowest BCUT2D eigenvalue weighted by atomic mass is 9.99. The minimum Gasteiger partial charge on any atom is -0.397 e. The number of hydrogen-bond acceptors (Lipinski definition) is 4. The van der Waals surface area contributed by atoms with Crippen molar-refractivity contribution in [2.45, 2.75) is 25.3 Å². The molecule has 0 spiro atoms. The molecule has 1 aromatic heterocycles. The predicted molar refractivity (Wildman–Crippen MR) is 70.1 cm³/mol. The number of rotatable bonds is 1. The number of nitrogens with two attached hydrogens (primary N) is 1. The van der Waals surface area contributed by atoms with E-state index in [-0.39, 0.29) is 0 Å². The van der Waals surface area contributed by atoms with E-state index < -0.39 is 0 Å². The lowest BCUT2D eigenvalue weighted by molar-refractivity contribution is 0.133. The molecule has 0 aliphatic carbocycles. The van der Waals surface area contributed by atoms with Gasteiger partial charge in [-0.25, -0.2) is 0 Å². The Morgan fingerprint density at radius 3 is 3.00 bits per heavy atom. The first kappa shape index (κ1) is 10.8. The molecule has 1 unspecified atom stereocenters. The summed E-state index contributed by atoms with van der Waals surface area (Å²) in [5.74, 6) is 0. The zero-order chi connectivity index (χ0) is 11.7. The van der Waals surface area contributed by atoms with Gasteiger partial charge in [-0.1, -0.05) is 6.42 Å². The van der Waals surface area contributed by atoms with Crippen LogP contribution < -0.4 is 10.6 Å². The van der Waals surface area contributed by atoms with Crippen LogP contribution in [-0.2, 0) is 0 Å². The summed E-state index contributed by atoms with van der Waals surface area (Å²) >= 11 is 0. The third kappa shape index (κ3) is 2.22. The van der Waals surface area contributed by atoms with E-state index in [0.29, 0.717) is 0 Å². The lowest BCUT2D eigenvalue weighted by Gasteiger charge is -2.44. The third-order valence-corrected chi connectivity index (χ3v) is 3.95. The zero-order valence-electron chi connectivity index (χ0n) is 10.2. The van der Waals surface area contributed by atoms with Crippen LogP contribution in [0.3, 0.4) is 0 Å². The monoisotopic (exact) mass is 232 g/mol. The van der Waals surface area contributed by atoms with E-state index >= 15 is 0 Å². The van der Waals surface area contributed by atoms with Crippen molar-refractivity contribution >= 4 is 11.4 Å². The van der Waals surface area contributed by atoms with Crippen molar-refractivity contribution in [1.29, 1.82) is 0 Å². The number of anilines is 2. The molecular formula is C13H20N4. The van der Waals surface area contributed by atoms with Crippen LogP contribution >= 0.6 is 0 Å². The minimum atomic E-state index is 0.735. The number of fused-ring (bicyclic) bond motifs is 1. The highest BCUT2D eigenvalue weighted by Gasteiger charge is 2.28. The first-order valence-electron chi connectivity index (χ1n) is 6.52. The molecule has 0 radical (unpaired) electrons. The lowest BCUT2D eigenvalue weighted by Crippen LogP contribution is -2.54. The van der Waals surface area contributed by atoms with Crippen molar-refractivity contribution in [1.82, 2.24) is 9.88 Å². The van der Waals surface area contributed by atoms with Gasteiger partial charge in [0.2, 0.25) is 0 Å². The maximum atomic E-state index is 5.80. The van der Waals surface area contributed by atoms with Gasteiger partial charge < -0.3 is 10.6 Å². The van der Waals surface area contributed by atoms with E-state index in [1.807, 2.05) is 12.3 Å². The summed E-state index contributed by atoms with van der Waals surface area (Å²) < 4.78 is 0. The largest absolute Gasteiger partial charge is 0.397 e. The van der Waals surface area contributed by atoms with E-state index in [2.05, 4.69) is 14.8 Å². The summed E-state index contributed by atoms with van der Waals surface area (Å²) in [4.78, 5) is 9.25. The highest BCUT2D eigenvalue weighted by molar-refractivity contribution is 5.53. The number of piperazine rings is 1. The molecule has 1 aromatic rings. The van der Waals surface area contributed by atoms with E-state index in [0.717, 1.165) is 24.8 Å². The van der Waals surface area contributed by atoms with Crippen LogP contribution in [0, 0.1) is 0 Å². The van der Waals surface area contributed by atoms with Gasteiger partial charge in [-0.2, -0.15) is 0 Å². The molecule has 92 valence electrons. The molecule has 2 N–H and O–H groups in total. The number of hydrogen-bond donors (Lipinski definition) is 1. The van der Waals surface area contributed by atoms with Crippen LogP contribution in [0.4, 0.5) is 11.4 Å². The van der Waals surface area contributed by atoms with E-state index in [4.69, 9.17) is 5.73 Å². The molecule has 2 aliphatic heterocycles. The van der Waals surface area contributed by atoms with Gasteiger partial charge in [-0.3, -0.25) is 9.88 Å². The number of piperidine rings is 1. The molecule has 2 saturated heterocycles. The van der Waals surface area contributed by atoms with Crippen molar-refractivity contribution in [3.63, 3.8) is 0 Å². The number of aromatic nitrogens is 1. The summed E-state index contributed by atoms with van der Waals surface area (Å²) in [7, 11) is 0. The van der Waals surface area contributed by atoms with Crippen molar-refractivity contribution < 1.29 is 0 Å². The summed E-state index contributed by atoms with van der Waals surface area (Å²) in [6, 6.07) is 2.77. The Labute approximate surface area is 102 Å². The molecule has 4 nitrogen and oxygen atoms in total. The van der Waals surface area contributed by atoms with Crippen molar-refractivity contribution in [3.8, 4) is 0 Å². The molecule has 3 rings (SSSR count). The molecule has 4 heteroatoms. The maximum Gasteiger partial charge on any atom is 0.0574 e. The number of nitrogen functional groups attached to an aromatic ring is 1. The van der Waals surface area contributed by atoms with Gasteiger partial charge in [-0.05, 0) is 25.5 Å². The topological polar surface area (TPSA) is 45.4 Å². The molecule has 2 aliphatic rings. The average molecular weight is 232 g/mol. The van der Waals surface area contributed by atoms with Crippen LogP contribution in [0.5, 0.6) is 0 Å². The maximum absolute atomic E-state index is 5.80. The van der Waals surface area contributed by atoms with Gasteiger partial charge in [0, 0.05) is 31.9 Å². The SMILES string of the molecule is Nc1cncc(N2CCN3CCCCC3C2)c1. The highest BCUT2D eigenvalue weighted by Crippen LogP contribution is 2.25. The fraction of sp³-hybridized carbons (Fsp3) is 0.615. The van der Waals surface area contributed by atoms with E-state index in [1.54, 1.807) is 6.20 Å². The Balaban J connectivity index is 1.73. The smallest absolute Gasteiger partial charge is 0.0574 e. The molecular weight excluding hydrogens is 212 g/mol. The molecule has 3 heterocycles. The zero-order valence-corrected chi connectivity index (χ0v) is 10.2. The molecule has 0 amide bonds. The summed E-state index contributed by atoms with van der Waals surface area (Å²) in [6.45, 7) is 4.69. The van der Waals surface area contributed by atoms with E-state index in [9.17, 15) is 0 Å². The summed E-state index contributed by atoms with van der Waals surface area (Å²) in [6.07, 6.45) is 7.72. The summed E-state index contributed by atoms with van der Waals surface area (Å²) in [5.41, 5.74) is 7.73. The van der Waals surface area contributed by atoms with Gasteiger partial charge in [0.25, 0.3) is 0 Å². The molecule has 2 fully saturated rings. The second kappa shape index (κ2) is 4.53. The van der Waals surface area contributed by atoms with Crippen molar-refractivity contribution in [3.05, 3.63) is 18.5 Å². The van der Waals surface area contributed by atoms with Gasteiger partial charge >= 0.3 is 0 Å². The third-order valence-electron chi connectivity index (χ3n) is 3.95. The minimum absolute atomic E-state index is 0.735. The van der Waals surface area contributed by atoms with Gasteiger partial charge in [0.05, 0.1) is 17.6 Å². The van der Waals surface area contributed by atoms with Gasteiger partial charge in [0.15, 0.2) is 0 Å². The number of pyridine rings is 1. The van der Waals surface area contributed by atoms with Crippen LogP contribution in [-0.4, -0.2) is 42.1 Å². The Hall–Kier alpha value is -1.29. The Kier molecular flexibility index (Phi) is 2.89. The van der Waals surface area contributed by atoms with Crippen LogP contribution in [0.1, 0.15) is 19.3 Å². The Morgan fingerprint density at radius 1 is 1.18 bits per heavy atom. The molecule has 1 atom stereocenters. The number of nitrogens with zero attached hydrogens (tertiary/aromatic N) is 3. The molecule has 17 heavy (non-hydrogen) atoms. The fourth-order valence-electron chi connectivity index (χ4n) is 3.01. The summed E-state index contributed by atoms with van der Waals surface area (Å²) in [5, 5.41) is 0. The normalized spacial score (nSPS) is 25.6. The second-order valence-electron chi connectivity index (χ2n) is 5.11. The van der Waals surface area contributed by atoms with Crippen molar-refractivity contribution in [2.24, 2.45) is 0 Å². The highest BCUT2D eigenvalue weighted by atomic mass is 15.3. The Morgan fingerprint density at radius 2 is 2.12 bits per heavy atom. The quantitative estimate of drug-likeness (QED) is 0.793. The van der Waals surface area contributed by atoms with Crippen molar-refractivity contribution in [2.75, 3.05) is 36.8 Å². The van der Waals surface area contributed by atoms with E-state index in [1.165, 1.54) is 38.0 Å². The van der Waals surface area contributed by atoms with Gasteiger partial charge in [0.1, 0.15) is 0 Å². The second-order valence-corrected chi connectivity index (χ2v) is 5.11. The Bertz CT molecular complexity index is 393. The average Bonchev–Trinajstić information content (AvgIpc) is 2.38.